The molecule has 4 nitrogen and oxygen atoms in total. The first-order chi connectivity index (χ1) is 27.5. The number of nitrogens with zero attached hydrogens (tertiary/aromatic N) is 4. The van der Waals surface area contributed by atoms with Gasteiger partial charge in [-0.05, 0) is 119 Å². The van der Waals surface area contributed by atoms with Crippen LogP contribution in [-0.2, 0) is 0 Å². The molecule has 0 saturated carbocycles. The zero-order valence-corrected chi connectivity index (χ0v) is 31.0. The fourth-order valence-corrected chi connectivity index (χ4v) is 8.61. The molecule has 0 fully saturated rings. The molecule has 2 heterocycles. The minimum absolute atomic E-state index is 0.557. The fourth-order valence-electron chi connectivity index (χ4n) is 8.61. The molecule has 0 bridgehead atoms. The Morgan fingerprint density at radius 3 is 1.36 bits per heavy atom. The van der Waals surface area contributed by atoms with Gasteiger partial charge in [0.05, 0.1) is 45.1 Å². The largest absolute Gasteiger partial charge is 0.308 e. The second-order valence-corrected chi connectivity index (χ2v) is 14.5. The summed E-state index contributed by atoms with van der Waals surface area (Å²) in [5.74, 6) is 0. The SMILES string of the molecule is Cc1ccccc1-c1ccc2c(c1)c1ccccc1n2-c1cc(-c2cccc(C#N)c2)cc(-n2c3ccccc3c3cc(-c4ccccc4C)ccc32)c1C#N. The second-order valence-electron chi connectivity index (χ2n) is 14.5. The van der Waals surface area contributed by atoms with Gasteiger partial charge in [0.1, 0.15) is 11.6 Å². The van der Waals surface area contributed by atoms with E-state index in [0.717, 1.165) is 77.2 Å². The number of rotatable bonds is 5. The number of hydrogen-bond acceptors (Lipinski definition) is 2. The van der Waals surface area contributed by atoms with E-state index in [1.54, 1.807) is 0 Å². The molecule has 0 aliphatic heterocycles. The fraction of sp³-hybridized carbons (Fsp3) is 0.0385. The Bertz CT molecular complexity index is 3120. The van der Waals surface area contributed by atoms with E-state index in [2.05, 4.69) is 181 Å². The molecule has 0 aliphatic carbocycles. The topological polar surface area (TPSA) is 57.4 Å². The minimum atomic E-state index is 0.557. The average Bonchev–Trinajstić information content (AvgIpc) is 3.75. The van der Waals surface area contributed by atoms with Crippen LogP contribution in [-0.4, -0.2) is 9.13 Å². The second kappa shape index (κ2) is 13.0. The lowest BCUT2D eigenvalue weighted by Gasteiger charge is -2.18. The molecule has 0 spiro atoms. The van der Waals surface area contributed by atoms with Gasteiger partial charge in [0.2, 0.25) is 0 Å². The predicted molar refractivity (Wildman–Crippen MR) is 230 cm³/mol. The van der Waals surface area contributed by atoms with Gasteiger partial charge >= 0.3 is 0 Å². The molecule has 0 aliphatic rings. The van der Waals surface area contributed by atoms with Crippen LogP contribution in [0.2, 0.25) is 0 Å². The molecule has 56 heavy (non-hydrogen) atoms. The smallest absolute Gasteiger partial charge is 0.104 e. The van der Waals surface area contributed by atoms with E-state index in [4.69, 9.17) is 0 Å². The van der Waals surface area contributed by atoms with Crippen LogP contribution in [0.15, 0.2) is 170 Å². The summed E-state index contributed by atoms with van der Waals surface area (Å²) in [5, 5.41) is 25.7. The van der Waals surface area contributed by atoms with Crippen molar-refractivity contribution >= 4 is 43.6 Å². The van der Waals surface area contributed by atoms with Crippen LogP contribution in [0.3, 0.4) is 0 Å². The van der Waals surface area contributed by atoms with Gasteiger partial charge in [-0.15, -0.1) is 0 Å². The lowest BCUT2D eigenvalue weighted by atomic mass is 9.98. The summed E-state index contributed by atoms with van der Waals surface area (Å²) in [6.45, 7) is 4.29. The number of benzene rings is 8. The average molecular weight is 715 g/mol. The summed E-state index contributed by atoms with van der Waals surface area (Å²) >= 11 is 0. The van der Waals surface area contributed by atoms with Crippen LogP contribution < -0.4 is 0 Å². The first-order valence-corrected chi connectivity index (χ1v) is 18.8. The lowest BCUT2D eigenvalue weighted by Crippen LogP contribution is -2.05. The Balaban J connectivity index is 1.31. The number of aryl methyl sites for hydroxylation is 2. The van der Waals surface area contributed by atoms with E-state index < -0.39 is 0 Å². The Kier molecular flexibility index (Phi) is 7.66. The number of fused-ring (bicyclic) bond motifs is 6. The molecule has 0 unspecified atom stereocenters. The van der Waals surface area contributed by atoms with Crippen LogP contribution >= 0.6 is 0 Å². The van der Waals surface area contributed by atoms with Gasteiger partial charge in [0, 0.05) is 21.5 Å². The van der Waals surface area contributed by atoms with Crippen LogP contribution in [0.4, 0.5) is 0 Å². The highest BCUT2D eigenvalue weighted by atomic mass is 15.0. The highest BCUT2D eigenvalue weighted by Gasteiger charge is 2.23. The van der Waals surface area contributed by atoms with Crippen molar-refractivity contribution in [3.05, 3.63) is 192 Å². The first-order valence-electron chi connectivity index (χ1n) is 18.8. The normalized spacial score (nSPS) is 11.4. The number of para-hydroxylation sites is 2. The van der Waals surface area contributed by atoms with Crippen molar-refractivity contribution in [2.45, 2.75) is 13.8 Å². The summed E-state index contributed by atoms with van der Waals surface area (Å²) in [7, 11) is 0. The number of hydrogen-bond donors (Lipinski definition) is 0. The molecule has 10 rings (SSSR count). The van der Waals surface area contributed by atoms with Gasteiger partial charge in [-0.1, -0.05) is 109 Å². The summed E-state index contributed by atoms with van der Waals surface area (Å²) < 4.78 is 4.49. The van der Waals surface area contributed by atoms with Crippen molar-refractivity contribution in [2.24, 2.45) is 0 Å². The molecule has 0 N–H and O–H groups in total. The number of nitriles is 2. The van der Waals surface area contributed by atoms with Gasteiger partial charge in [-0.2, -0.15) is 10.5 Å². The van der Waals surface area contributed by atoms with E-state index in [0.29, 0.717) is 11.1 Å². The zero-order valence-electron chi connectivity index (χ0n) is 31.0. The van der Waals surface area contributed by atoms with Crippen molar-refractivity contribution < 1.29 is 0 Å². The maximum absolute atomic E-state index is 11.4. The Labute approximate surface area is 325 Å². The molecule has 2 aromatic heterocycles. The molecule has 0 saturated heterocycles. The maximum atomic E-state index is 11.4. The van der Waals surface area contributed by atoms with E-state index in [-0.39, 0.29) is 0 Å². The van der Waals surface area contributed by atoms with Crippen LogP contribution in [0, 0.1) is 36.5 Å². The lowest BCUT2D eigenvalue weighted by molar-refractivity contribution is 1.12. The standard InChI is InChI=1S/C52H34N4/c1-33-12-3-5-16-40(33)37-22-24-49-44(27-37)42-18-7-9-20-47(42)55(49)51-29-39(36-15-11-14-35(26-36)31-53)30-52(46(51)32-54)56-48-21-10-8-19-43(48)45-28-38(23-25-50(45)56)41-17-6-4-13-34(41)2/h3-30H,1-2H3. The van der Waals surface area contributed by atoms with E-state index >= 15 is 0 Å². The Hall–Kier alpha value is -7.66. The molecule has 4 heteroatoms. The molecular formula is C52H34N4. The quantitative estimate of drug-likeness (QED) is 0.178. The summed E-state index contributed by atoms with van der Waals surface area (Å²) in [6, 6.07) is 64.1. The first kappa shape index (κ1) is 32.9. The molecule has 8 aromatic carbocycles. The number of aromatic nitrogens is 2. The molecule has 0 atom stereocenters. The van der Waals surface area contributed by atoms with E-state index in [1.165, 1.54) is 22.3 Å². The maximum Gasteiger partial charge on any atom is 0.104 e. The van der Waals surface area contributed by atoms with Crippen molar-refractivity contribution in [1.29, 1.82) is 10.5 Å². The van der Waals surface area contributed by atoms with Gasteiger partial charge in [-0.25, -0.2) is 0 Å². The predicted octanol–water partition coefficient (Wildman–Crippen LogP) is 13.2. The van der Waals surface area contributed by atoms with Crippen molar-refractivity contribution in [3.8, 4) is 56.9 Å². The van der Waals surface area contributed by atoms with E-state index in [1.807, 2.05) is 24.3 Å². The van der Waals surface area contributed by atoms with Gasteiger partial charge in [0.25, 0.3) is 0 Å². The van der Waals surface area contributed by atoms with Gasteiger partial charge < -0.3 is 9.13 Å². The third kappa shape index (κ3) is 5.12. The highest BCUT2D eigenvalue weighted by molar-refractivity contribution is 6.12. The molecule has 0 radical (unpaired) electrons. The molecular weight excluding hydrogens is 681 g/mol. The van der Waals surface area contributed by atoms with Crippen molar-refractivity contribution in [3.63, 3.8) is 0 Å². The van der Waals surface area contributed by atoms with Gasteiger partial charge in [-0.3, -0.25) is 0 Å². The summed E-state index contributed by atoms with van der Waals surface area (Å²) in [4.78, 5) is 0. The zero-order chi connectivity index (χ0) is 37.9. The third-order valence-electron chi connectivity index (χ3n) is 11.3. The summed E-state index contributed by atoms with van der Waals surface area (Å²) in [5.41, 5.74) is 15.7. The minimum Gasteiger partial charge on any atom is -0.308 e. The summed E-state index contributed by atoms with van der Waals surface area (Å²) in [6.07, 6.45) is 0. The van der Waals surface area contributed by atoms with Crippen molar-refractivity contribution in [2.75, 3.05) is 0 Å². The van der Waals surface area contributed by atoms with Gasteiger partial charge in [0.15, 0.2) is 0 Å². The Morgan fingerprint density at radius 1 is 0.375 bits per heavy atom. The van der Waals surface area contributed by atoms with Crippen LogP contribution in [0.1, 0.15) is 22.3 Å². The Morgan fingerprint density at radius 2 is 0.857 bits per heavy atom. The van der Waals surface area contributed by atoms with Crippen LogP contribution in [0.25, 0.3) is 88.4 Å². The van der Waals surface area contributed by atoms with Crippen LogP contribution in [0.5, 0.6) is 0 Å². The highest BCUT2D eigenvalue weighted by Crippen LogP contribution is 2.42. The molecule has 262 valence electrons. The van der Waals surface area contributed by atoms with E-state index in [9.17, 15) is 10.5 Å². The van der Waals surface area contributed by atoms with Crippen molar-refractivity contribution in [1.82, 2.24) is 9.13 Å². The molecule has 10 aromatic rings. The monoisotopic (exact) mass is 714 g/mol. The third-order valence-corrected chi connectivity index (χ3v) is 11.3. The molecule has 0 amide bonds.